The maximum absolute atomic E-state index is 13.4. The fourth-order valence-corrected chi connectivity index (χ4v) is 3.66. The fraction of sp³-hybridized carbons (Fsp3) is 0.0476. The summed E-state index contributed by atoms with van der Waals surface area (Å²) >= 11 is 1.59. The molecule has 0 aliphatic carbocycles. The second-order valence-corrected chi connectivity index (χ2v) is 7.35. The van der Waals surface area contributed by atoms with Crippen molar-refractivity contribution in [2.45, 2.75) is 6.92 Å². The summed E-state index contributed by atoms with van der Waals surface area (Å²) in [5.74, 6) is -2.38. The Kier molecular flexibility index (Phi) is 4.41. The highest BCUT2D eigenvalue weighted by Crippen LogP contribution is 2.30. The van der Waals surface area contributed by atoms with Crippen LogP contribution < -0.4 is 5.32 Å². The molecule has 0 unspecified atom stereocenters. The second kappa shape index (κ2) is 6.89. The average molecular weight is 380 g/mol. The van der Waals surface area contributed by atoms with Gasteiger partial charge in [-0.1, -0.05) is 18.2 Å². The maximum Gasteiger partial charge on any atom is 0.256 e. The number of nitrogens with one attached hydrogen (secondary N) is 1. The Hall–Kier alpha value is -3.12. The van der Waals surface area contributed by atoms with Gasteiger partial charge in [-0.15, -0.1) is 11.3 Å². The predicted octanol–water partition coefficient (Wildman–Crippen LogP) is 5.80. The van der Waals surface area contributed by atoms with Gasteiger partial charge in [0.25, 0.3) is 5.91 Å². The largest absolute Gasteiger partial charge is 0.322 e. The molecule has 0 radical (unpaired) electrons. The molecule has 1 N–H and O–H groups in total. The molecule has 4 aromatic rings. The minimum Gasteiger partial charge on any atom is -0.322 e. The third kappa shape index (κ3) is 3.44. The van der Waals surface area contributed by atoms with Crippen molar-refractivity contribution >= 4 is 33.8 Å². The molecular formula is C21H14F2N2OS. The molecule has 2 aromatic heterocycles. The maximum atomic E-state index is 13.4. The number of thiophene rings is 1. The lowest BCUT2D eigenvalue weighted by atomic mass is 10.1. The Balaban J connectivity index is 1.79. The zero-order valence-corrected chi connectivity index (χ0v) is 15.1. The van der Waals surface area contributed by atoms with Crippen LogP contribution in [-0.4, -0.2) is 10.9 Å². The van der Waals surface area contributed by atoms with E-state index in [1.165, 1.54) is 6.07 Å². The van der Waals surface area contributed by atoms with Crippen molar-refractivity contribution in [3.8, 4) is 10.6 Å². The zero-order chi connectivity index (χ0) is 19.0. The number of para-hydroxylation sites is 1. The summed E-state index contributed by atoms with van der Waals surface area (Å²) in [7, 11) is 0. The van der Waals surface area contributed by atoms with E-state index < -0.39 is 17.5 Å². The lowest BCUT2D eigenvalue weighted by Crippen LogP contribution is -2.13. The highest BCUT2D eigenvalue weighted by Gasteiger charge is 2.15. The van der Waals surface area contributed by atoms with Gasteiger partial charge in [-0.3, -0.25) is 4.79 Å². The highest BCUT2D eigenvalue weighted by atomic mass is 32.1. The van der Waals surface area contributed by atoms with Gasteiger partial charge >= 0.3 is 0 Å². The summed E-state index contributed by atoms with van der Waals surface area (Å²) in [4.78, 5) is 19.6. The van der Waals surface area contributed by atoms with Gasteiger partial charge in [0.05, 0.1) is 21.7 Å². The van der Waals surface area contributed by atoms with Crippen LogP contribution in [0.5, 0.6) is 0 Å². The van der Waals surface area contributed by atoms with E-state index in [1.807, 2.05) is 43.3 Å². The smallest absolute Gasteiger partial charge is 0.256 e. The van der Waals surface area contributed by atoms with Gasteiger partial charge in [0.2, 0.25) is 0 Å². The Morgan fingerprint density at radius 1 is 1.00 bits per heavy atom. The molecule has 0 saturated heterocycles. The summed E-state index contributed by atoms with van der Waals surface area (Å²) < 4.78 is 26.6. The van der Waals surface area contributed by atoms with Crippen LogP contribution >= 0.6 is 11.3 Å². The van der Waals surface area contributed by atoms with Crippen molar-refractivity contribution in [3.05, 3.63) is 82.7 Å². The van der Waals surface area contributed by atoms with Crippen molar-refractivity contribution < 1.29 is 13.6 Å². The normalized spacial score (nSPS) is 10.9. The molecule has 0 saturated carbocycles. The van der Waals surface area contributed by atoms with Crippen LogP contribution in [-0.2, 0) is 0 Å². The first-order valence-electron chi connectivity index (χ1n) is 8.24. The first-order chi connectivity index (χ1) is 13.0. The van der Waals surface area contributed by atoms with Gasteiger partial charge in [-0.05, 0) is 43.3 Å². The predicted molar refractivity (Wildman–Crippen MR) is 104 cm³/mol. The van der Waals surface area contributed by atoms with Crippen molar-refractivity contribution in [2.24, 2.45) is 0 Å². The van der Waals surface area contributed by atoms with Gasteiger partial charge in [0, 0.05) is 22.0 Å². The summed E-state index contributed by atoms with van der Waals surface area (Å²) in [6.07, 6.45) is 0. The molecule has 0 bridgehead atoms. The SMILES string of the molecule is Cc1ccc(-c2cc(C(=O)Nc3ccc(F)c(F)c3)c3ccccc3n2)s1. The van der Waals surface area contributed by atoms with E-state index in [0.29, 0.717) is 22.2 Å². The quantitative estimate of drug-likeness (QED) is 0.488. The standard InChI is InChI=1S/C21H14F2N2OS/c1-12-6-9-20(27-12)19-11-15(14-4-2-3-5-18(14)25-19)21(26)24-13-7-8-16(22)17(23)10-13/h2-11H,1H3,(H,24,26). The van der Waals surface area contributed by atoms with Crippen LogP contribution in [0, 0.1) is 18.6 Å². The monoisotopic (exact) mass is 380 g/mol. The number of aromatic nitrogens is 1. The summed E-state index contributed by atoms with van der Waals surface area (Å²) in [5, 5.41) is 3.32. The third-order valence-electron chi connectivity index (χ3n) is 4.13. The van der Waals surface area contributed by atoms with E-state index in [0.717, 1.165) is 21.9 Å². The number of aryl methyl sites for hydroxylation is 1. The highest BCUT2D eigenvalue weighted by molar-refractivity contribution is 7.15. The van der Waals surface area contributed by atoms with Crippen molar-refractivity contribution in [1.29, 1.82) is 0 Å². The topological polar surface area (TPSA) is 42.0 Å². The number of hydrogen-bond donors (Lipinski definition) is 1. The molecule has 1 amide bonds. The fourth-order valence-electron chi connectivity index (χ4n) is 2.83. The lowest BCUT2D eigenvalue weighted by molar-refractivity contribution is 0.102. The molecule has 0 aliphatic heterocycles. The van der Waals surface area contributed by atoms with Gasteiger partial charge in [0.15, 0.2) is 11.6 Å². The Labute approximate surface area is 158 Å². The van der Waals surface area contributed by atoms with Gasteiger partial charge in [0.1, 0.15) is 0 Å². The Morgan fingerprint density at radius 2 is 1.81 bits per heavy atom. The number of pyridine rings is 1. The summed E-state index contributed by atoms with van der Waals surface area (Å²) in [6, 6.07) is 16.3. The number of benzene rings is 2. The van der Waals surface area contributed by atoms with E-state index >= 15 is 0 Å². The molecule has 0 aliphatic rings. The van der Waals surface area contributed by atoms with Crippen molar-refractivity contribution in [2.75, 3.05) is 5.32 Å². The third-order valence-corrected chi connectivity index (χ3v) is 5.15. The first kappa shape index (κ1) is 17.3. The van der Waals surface area contributed by atoms with Crippen LogP contribution in [0.4, 0.5) is 14.5 Å². The average Bonchev–Trinajstić information content (AvgIpc) is 3.10. The van der Waals surface area contributed by atoms with Crippen molar-refractivity contribution in [3.63, 3.8) is 0 Å². The number of amides is 1. The van der Waals surface area contributed by atoms with E-state index in [1.54, 1.807) is 17.4 Å². The van der Waals surface area contributed by atoms with E-state index in [9.17, 15) is 13.6 Å². The Bertz CT molecular complexity index is 1170. The van der Waals surface area contributed by atoms with Gasteiger partial charge < -0.3 is 5.32 Å². The lowest BCUT2D eigenvalue weighted by Gasteiger charge is -2.10. The molecule has 0 spiro atoms. The first-order valence-corrected chi connectivity index (χ1v) is 9.06. The van der Waals surface area contributed by atoms with E-state index in [2.05, 4.69) is 10.3 Å². The number of carbonyl (C=O) groups is 1. The molecule has 2 heterocycles. The van der Waals surface area contributed by atoms with Gasteiger partial charge in [-0.2, -0.15) is 0 Å². The van der Waals surface area contributed by atoms with E-state index in [4.69, 9.17) is 0 Å². The van der Waals surface area contributed by atoms with Crippen LogP contribution in [0.15, 0.2) is 60.7 Å². The van der Waals surface area contributed by atoms with Crippen LogP contribution in [0.25, 0.3) is 21.5 Å². The number of rotatable bonds is 3. The summed E-state index contributed by atoms with van der Waals surface area (Å²) in [6.45, 7) is 2.01. The molecule has 4 rings (SSSR count). The number of fused-ring (bicyclic) bond motifs is 1. The molecule has 2 aromatic carbocycles. The van der Waals surface area contributed by atoms with Crippen LogP contribution in [0.2, 0.25) is 0 Å². The molecule has 27 heavy (non-hydrogen) atoms. The molecule has 3 nitrogen and oxygen atoms in total. The number of halogens is 2. The zero-order valence-electron chi connectivity index (χ0n) is 14.3. The molecule has 6 heteroatoms. The van der Waals surface area contributed by atoms with Crippen molar-refractivity contribution in [1.82, 2.24) is 4.98 Å². The second-order valence-electron chi connectivity index (χ2n) is 6.07. The number of nitrogens with zero attached hydrogens (tertiary/aromatic N) is 1. The van der Waals surface area contributed by atoms with E-state index in [-0.39, 0.29) is 5.69 Å². The molecule has 0 atom stereocenters. The molecular weight excluding hydrogens is 366 g/mol. The van der Waals surface area contributed by atoms with Crippen LogP contribution in [0.1, 0.15) is 15.2 Å². The van der Waals surface area contributed by atoms with Gasteiger partial charge in [-0.25, -0.2) is 13.8 Å². The number of anilines is 1. The number of hydrogen-bond acceptors (Lipinski definition) is 3. The molecule has 0 fully saturated rings. The minimum atomic E-state index is -1.01. The Morgan fingerprint density at radius 3 is 2.56 bits per heavy atom. The molecule has 134 valence electrons. The minimum absolute atomic E-state index is 0.188. The number of carbonyl (C=O) groups excluding carboxylic acids is 1. The summed E-state index contributed by atoms with van der Waals surface area (Å²) in [5.41, 5.74) is 2.00. The van der Waals surface area contributed by atoms with Crippen LogP contribution in [0.3, 0.4) is 0 Å².